The molecule has 0 bridgehead atoms. The number of thioether (sulfide) groups is 1. The molecule has 1 N–H and O–H groups in total. The molecule has 0 unspecified atom stereocenters. The maximum absolute atomic E-state index is 10.8. The number of fused-ring (bicyclic) bond motifs is 1. The van der Waals surface area contributed by atoms with Crippen LogP contribution in [-0.2, 0) is 4.79 Å². The van der Waals surface area contributed by atoms with Gasteiger partial charge in [-0.15, -0.1) is 10.2 Å². The fourth-order valence-electron chi connectivity index (χ4n) is 1.98. The molecule has 0 fully saturated rings. The highest BCUT2D eigenvalue weighted by molar-refractivity contribution is 8.00. The first kappa shape index (κ1) is 13.6. The van der Waals surface area contributed by atoms with Crippen LogP contribution in [0.5, 0.6) is 0 Å². The van der Waals surface area contributed by atoms with E-state index in [9.17, 15) is 4.79 Å². The van der Waals surface area contributed by atoms with Crippen LogP contribution in [0, 0.1) is 0 Å². The number of benzene rings is 2. The quantitative estimate of drug-likeness (QED) is 0.744. The summed E-state index contributed by atoms with van der Waals surface area (Å²) in [5, 5.41) is 18.5. The van der Waals surface area contributed by atoms with Crippen molar-refractivity contribution in [2.75, 3.05) is 0 Å². The molecule has 0 saturated heterocycles. The van der Waals surface area contributed by atoms with E-state index in [1.807, 2.05) is 42.5 Å². The maximum atomic E-state index is 10.8. The Kier molecular flexibility index (Phi) is 3.62. The molecule has 1 atom stereocenters. The summed E-state index contributed by atoms with van der Waals surface area (Å²) in [5.41, 5.74) is 0.843. The Balaban J connectivity index is 1.97. The molecule has 1 aromatic heterocycles. The summed E-state index contributed by atoms with van der Waals surface area (Å²) in [7, 11) is 0. The summed E-state index contributed by atoms with van der Waals surface area (Å²) in [6.07, 6.45) is 0. The van der Waals surface area contributed by atoms with Crippen molar-refractivity contribution in [3.05, 3.63) is 42.5 Å². The Morgan fingerprint density at radius 1 is 1.19 bits per heavy atom. The van der Waals surface area contributed by atoms with Crippen LogP contribution < -0.4 is 0 Å². The number of nitrogens with zero attached hydrogens (tertiary/aromatic N) is 2. The SMILES string of the molecule is C[C@@H](Sc1nnc(-c2cccc3ccccc23)o1)C(=O)O. The van der Waals surface area contributed by atoms with Crippen LogP contribution in [0.15, 0.2) is 52.1 Å². The van der Waals surface area contributed by atoms with Gasteiger partial charge >= 0.3 is 5.97 Å². The fraction of sp³-hybridized carbons (Fsp3) is 0.133. The minimum absolute atomic E-state index is 0.257. The molecule has 1 heterocycles. The van der Waals surface area contributed by atoms with Gasteiger partial charge in [0.25, 0.3) is 5.22 Å². The molecular weight excluding hydrogens is 288 g/mol. The van der Waals surface area contributed by atoms with Crippen molar-refractivity contribution in [3.63, 3.8) is 0 Å². The lowest BCUT2D eigenvalue weighted by Crippen LogP contribution is -2.10. The first-order valence-electron chi connectivity index (χ1n) is 6.36. The molecule has 0 saturated carbocycles. The van der Waals surface area contributed by atoms with Crippen molar-refractivity contribution in [2.45, 2.75) is 17.4 Å². The van der Waals surface area contributed by atoms with Gasteiger partial charge in [-0.1, -0.05) is 48.2 Å². The van der Waals surface area contributed by atoms with Crippen LogP contribution in [-0.4, -0.2) is 26.5 Å². The second-order valence-electron chi connectivity index (χ2n) is 4.50. The van der Waals surface area contributed by atoms with Crippen molar-refractivity contribution in [1.82, 2.24) is 10.2 Å². The monoisotopic (exact) mass is 300 g/mol. The van der Waals surface area contributed by atoms with Crippen molar-refractivity contribution in [2.24, 2.45) is 0 Å². The first-order valence-corrected chi connectivity index (χ1v) is 7.24. The average Bonchev–Trinajstić information content (AvgIpc) is 2.95. The highest BCUT2D eigenvalue weighted by atomic mass is 32.2. The third-order valence-corrected chi connectivity index (χ3v) is 3.97. The number of rotatable bonds is 4. The molecular formula is C15H12N2O3S. The van der Waals surface area contributed by atoms with Crippen LogP contribution >= 0.6 is 11.8 Å². The van der Waals surface area contributed by atoms with Gasteiger partial charge in [0.1, 0.15) is 5.25 Å². The molecule has 0 amide bonds. The average molecular weight is 300 g/mol. The van der Waals surface area contributed by atoms with Gasteiger partial charge < -0.3 is 9.52 Å². The molecule has 3 aromatic rings. The lowest BCUT2D eigenvalue weighted by Gasteiger charge is -2.02. The van der Waals surface area contributed by atoms with Gasteiger partial charge in [0.05, 0.1) is 0 Å². The molecule has 0 radical (unpaired) electrons. The van der Waals surface area contributed by atoms with Crippen LogP contribution in [0.3, 0.4) is 0 Å². The molecule has 21 heavy (non-hydrogen) atoms. The summed E-state index contributed by atoms with van der Waals surface area (Å²) in [4.78, 5) is 10.8. The zero-order valence-electron chi connectivity index (χ0n) is 11.2. The van der Waals surface area contributed by atoms with E-state index in [4.69, 9.17) is 9.52 Å². The van der Waals surface area contributed by atoms with E-state index in [-0.39, 0.29) is 5.22 Å². The summed E-state index contributed by atoms with van der Waals surface area (Å²) >= 11 is 1.03. The molecule has 106 valence electrons. The van der Waals surface area contributed by atoms with Crippen molar-refractivity contribution >= 4 is 28.5 Å². The summed E-state index contributed by atoms with van der Waals surface area (Å²) in [6.45, 7) is 1.58. The minimum atomic E-state index is -0.912. The number of hydrogen-bond acceptors (Lipinski definition) is 5. The number of aliphatic carboxylic acids is 1. The van der Waals surface area contributed by atoms with Crippen molar-refractivity contribution in [3.8, 4) is 11.5 Å². The van der Waals surface area contributed by atoms with E-state index in [0.29, 0.717) is 5.89 Å². The number of aromatic nitrogens is 2. The van der Waals surface area contributed by atoms with Gasteiger partial charge in [0.2, 0.25) is 5.89 Å². The van der Waals surface area contributed by atoms with E-state index in [1.165, 1.54) is 0 Å². The second kappa shape index (κ2) is 5.57. The van der Waals surface area contributed by atoms with E-state index >= 15 is 0 Å². The Labute approximate surface area is 125 Å². The molecule has 6 heteroatoms. The predicted octanol–water partition coefficient (Wildman–Crippen LogP) is 3.46. The number of carboxylic acids is 1. The molecule has 0 aliphatic heterocycles. The van der Waals surface area contributed by atoms with Crippen LogP contribution in [0.4, 0.5) is 0 Å². The van der Waals surface area contributed by atoms with Crippen molar-refractivity contribution in [1.29, 1.82) is 0 Å². The lowest BCUT2D eigenvalue weighted by molar-refractivity contribution is -0.136. The van der Waals surface area contributed by atoms with E-state index in [0.717, 1.165) is 28.1 Å². The van der Waals surface area contributed by atoms with Gasteiger partial charge in [0.15, 0.2) is 0 Å². The standard InChI is InChI=1S/C15H12N2O3S/c1-9(14(18)19)21-15-17-16-13(20-15)12-8-4-6-10-5-2-3-7-11(10)12/h2-9H,1H3,(H,18,19)/t9-/m1/s1. The number of carbonyl (C=O) groups is 1. The highest BCUT2D eigenvalue weighted by Gasteiger charge is 2.18. The largest absolute Gasteiger partial charge is 0.480 e. The molecule has 2 aromatic carbocycles. The summed E-state index contributed by atoms with van der Waals surface area (Å²) in [6, 6.07) is 13.8. The Hall–Kier alpha value is -2.34. The predicted molar refractivity (Wildman–Crippen MR) is 80.2 cm³/mol. The Morgan fingerprint density at radius 2 is 1.95 bits per heavy atom. The zero-order valence-corrected chi connectivity index (χ0v) is 12.0. The third-order valence-electron chi connectivity index (χ3n) is 3.05. The molecule has 5 nitrogen and oxygen atoms in total. The third kappa shape index (κ3) is 2.75. The van der Waals surface area contributed by atoms with Crippen LogP contribution in [0.1, 0.15) is 6.92 Å². The Bertz CT molecular complexity index is 795. The van der Waals surface area contributed by atoms with Gasteiger partial charge in [-0.3, -0.25) is 4.79 Å². The van der Waals surface area contributed by atoms with Crippen LogP contribution in [0.2, 0.25) is 0 Å². The highest BCUT2D eigenvalue weighted by Crippen LogP contribution is 2.30. The summed E-state index contributed by atoms with van der Waals surface area (Å²) in [5.74, 6) is -0.517. The smallest absolute Gasteiger partial charge is 0.316 e. The van der Waals surface area contributed by atoms with E-state index < -0.39 is 11.2 Å². The Morgan fingerprint density at radius 3 is 2.76 bits per heavy atom. The topological polar surface area (TPSA) is 76.2 Å². The molecule has 0 spiro atoms. The molecule has 0 aliphatic carbocycles. The van der Waals surface area contributed by atoms with Crippen molar-refractivity contribution < 1.29 is 14.3 Å². The first-order chi connectivity index (χ1) is 10.1. The lowest BCUT2D eigenvalue weighted by atomic mass is 10.0. The fourth-order valence-corrected chi connectivity index (χ4v) is 2.60. The number of carboxylic acid groups (broad SMARTS) is 1. The van der Waals surface area contributed by atoms with E-state index in [1.54, 1.807) is 6.92 Å². The maximum Gasteiger partial charge on any atom is 0.316 e. The second-order valence-corrected chi connectivity index (χ2v) is 5.79. The van der Waals surface area contributed by atoms with E-state index in [2.05, 4.69) is 10.2 Å². The van der Waals surface area contributed by atoms with Gasteiger partial charge in [-0.05, 0) is 23.8 Å². The summed E-state index contributed by atoms with van der Waals surface area (Å²) < 4.78 is 5.58. The molecule has 0 aliphatic rings. The van der Waals surface area contributed by atoms with Gasteiger partial charge in [0, 0.05) is 5.56 Å². The van der Waals surface area contributed by atoms with Gasteiger partial charge in [-0.2, -0.15) is 0 Å². The minimum Gasteiger partial charge on any atom is -0.480 e. The van der Waals surface area contributed by atoms with Crippen LogP contribution in [0.25, 0.3) is 22.2 Å². The number of hydrogen-bond donors (Lipinski definition) is 1. The molecule has 3 rings (SSSR count). The van der Waals surface area contributed by atoms with Gasteiger partial charge in [-0.25, -0.2) is 0 Å². The zero-order chi connectivity index (χ0) is 14.8. The normalized spacial score (nSPS) is 12.4.